The van der Waals surface area contributed by atoms with Gasteiger partial charge in [-0.25, -0.2) is 4.39 Å². The fourth-order valence-corrected chi connectivity index (χ4v) is 5.10. The normalized spacial score (nSPS) is 20.3. The number of carbonyl (C=O) groups excluding carboxylic acids is 4. The lowest BCUT2D eigenvalue weighted by Gasteiger charge is -2.32. The van der Waals surface area contributed by atoms with E-state index < -0.39 is 30.5 Å². The van der Waals surface area contributed by atoms with E-state index in [9.17, 15) is 23.6 Å². The molecule has 5 N–H and O–H groups in total. The Morgan fingerprint density at radius 2 is 1.74 bits per heavy atom. The summed E-state index contributed by atoms with van der Waals surface area (Å²) in [7, 11) is 0. The SMILES string of the molecule is CC(C)[C@H](NC(=O)C1CCCCC1)C(=O)N1CCC[C@H]1C(=O)C[C@@H](CCCN=C(N)N)C(=O)CF. The van der Waals surface area contributed by atoms with Crippen LogP contribution in [-0.2, 0) is 19.2 Å². The Labute approximate surface area is 207 Å². The highest BCUT2D eigenvalue weighted by Crippen LogP contribution is 2.27. The van der Waals surface area contributed by atoms with Crippen LogP contribution in [0.5, 0.6) is 0 Å². The van der Waals surface area contributed by atoms with Crippen molar-refractivity contribution in [1.82, 2.24) is 10.2 Å². The minimum atomic E-state index is -1.14. The second-order valence-electron chi connectivity index (χ2n) is 10.2. The van der Waals surface area contributed by atoms with Crippen molar-refractivity contribution in [2.24, 2.45) is 34.2 Å². The van der Waals surface area contributed by atoms with Crippen LogP contribution >= 0.6 is 0 Å². The molecule has 1 saturated heterocycles. The number of nitrogens with one attached hydrogen (secondary N) is 1. The molecule has 1 saturated carbocycles. The summed E-state index contributed by atoms with van der Waals surface area (Å²) in [5, 5.41) is 2.96. The maximum atomic E-state index is 13.5. The van der Waals surface area contributed by atoms with Crippen molar-refractivity contribution in [2.75, 3.05) is 19.8 Å². The number of rotatable bonds is 13. The molecule has 0 spiro atoms. The molecule has 10 heteroatoms. The average molecular weight is 496 g/mol. The van der Waals surface area contributed by atoms with Crippen LogP contribution in [0, 0.1) is 17.8 Å². The number of hydrogen-bond donors (Lipinski definition) is 3. The van der Waals surface area contributed by atoms with Crippen molar-refractivity contribution in [3.63, 3.8) is 0 Å². The van der Waals surface area contributed by atoms with Gasteiger partial charge in [0.1, 0.15) is 12.7 Å². The van der Waals surface area contributed by atoms with Crippen molar-refractivity contribution in [1.29, 1.82) is 0 Å². The fourth-order valence-electron chi connectivity index (χ4n) is 5.10. The lowest BCUT2D eigenvalue weighted by Crippen LogP contribution is -2.55. The summed E-state index contributed by atoms with van der Waals surface area (Å²) in [6.45, 7) is 3.32. The number of amides is 2. The summed E-state index contributed by atoms with van der Waals surface area (Å²) in [5.41, 5.74) is 10.6. The lowest BCUT2D eigenvalue weighted by molar-refractivity contribution is -0.143. The van der Waals surface area contributed by atoms with Gasteiger partial charge in [0.2, 0.25) is 11.8 Å². The molecule has 0 unspecified atom stereocenters. The van der Waals surface area contributed by atoms with Crippen molar-refractivity contribution >= 4 is 29.3 Å². The van der Waals surface area contributed by atoms with E-state index >= 15 is 0 Å². The zero-order chi connectivity index (χ0) is 26.0. The molecule has 198 valence electrons. The van der Waals surface area contributed by atoms with Gasteiger partial charge in [0.25, 0.3) is 0 Å². The molecule has 9 nitrogen and oxygen atoms in total. The number of halogens is 1. The smallest absolute Gasteiger partial charge is 0.246 e. The maximum Gasteiger partial charge on any atom is 0.246 e. The van der Waals surface area contributed by atoms with Gasteiger partial charge in [-0.3, -0.25) is 24.2 Å². The summed E-state index contributed by atoms with van der Waals surface area (Å²) in [6, 6.07) is -1.37. The van der Waals surface area contributed by atoms with E-state index in [0.29, 0.717) is 25.8 Å². The van der Waals surface area contributed by atoms with E-state index in [4.69, 9.17) is 11.5 Å². The van der Waals surface area contributed by atoms with Crippen molar-refractivity contribution in [3.05, 3.63) is 0 Å². The molecule has 1 aliphatic heterocycles. The Balaban J connectivity index is 2.04. The molecule has 1 aliphatic carbocycles. The highest BCUT2D eigenvalue weighted by molar-refractivity contribution is 5.95. The van der Waals surface area contributed by atoms with Crippen molar-refractivity contribution in [2.45, 2.75) is 90.1 Å². The number of hydrogen-bond acceptors (Lipinski definition) is 5. The van der Waals surface area contributed by atoms with Gasteiger partial charge in [0.15, 0.2) is 17.5 Å². The monoisotopic (exact) mass is 495 g/mol. The molecule has 2 aliphatic rings. The van der Waals surface area contributed by atoms with Crippen molar-refractivity contribution in [3.8, 4) is 0 Å². The second-order valence-corrected chi connectivity index (χ2v) is 10.2. The van der Waals surface area contributed by atoms with Gasteiger partial charge in [-0.1, -0.05) is 33.1 Å². The molecular formula is C25H42FN5O4. The van der Waals surface area contributed by atoms with E-state index in [0.717, 1.165) is 32.1 Å². The molecule has 3 atom stereocenters. The number of likely N-dealkylation sites (tertiary alicyclic amines) is 1. The predicted molar refractivity (Wildman–Crippen MR) is 132 cm³/mol. The first-order valence-electron chi connectivity index (χ1n) is 12.9. The summed E-state index contributed by atoms with van der Waals surface area (Å²) >= 11 is 0. The zero-order valence-electron chi connectivity index (χ0n) is 21.1. The van der Waals surface area contributed by atoms with Gasteiger partial charge in [0, 0.05) is 31.3 Å². The van der Waals surface area contributed by atoms with Crippen LogP contribution < -0.4 is 16.8 Å². The number of nitrogens with zero attached hydrogens (tertiary/aromatic N) is 2. The molecule has 0 aromatic rings. The predicted octanol–water partition coefficient (Wildman–Crippen LogP) is 1.87. The third-order valence-corrected chi connectivity index (χ3v) is 7.15. The van der Waals surface area contributed by atoms with Gasteiger partial charge < -0.3 is 21.7 Å². The Morgan fingerprint density at radius 3 is 2.34 bits per heavy atom. The maximum absolute atomic E-state index is 13.5. The zero-order valence-corrected chi connectivity index (χ0v) is 21.1. The van der Waals surface area contributed by atoms with E-state index in [1.807, 2.05) is 13.8 Å². The number of carbonyl (C=O) groups is 4. The standard InChI is InChI=1S/C25H42FN5O4/c1-16(2)22(30-23(34)17-8-4-3-5-9-17)24(35)31-13-7-11-19(31)20(32)14-18(21(33)15-26)10-6-12-29-25(27)28/h16-19,22H,3-15H2,1-2H3,(H,30,34)(H4,27,28,29)/t18-,19+,22+/m1/s1. The molecule has 1 heterocycles. The van der Waals surface area contributed by atoms with Crippen LogP contribution in [0.2, 0.25) is 0 Å². The largest absolute Gasteiger partial charge is 0.370 e. The molecule has 35 heavy (non-hydrogen) atoms. The molecule has 0 radical (unpaired) electrons. The fraction of sp³-hybridized carbons (Fsp3) is 0.800. The minimum absolute atomic E-state index is 0.0650. The van der Waals surface area contributed by atoms with E-state index in [2.05, 4.69) is 10.3 Å². The first-order chi connectivity index (χ1) is 16.6. The summed E-state index contributed by atoms with van der Waals surface area (Å²) < 4.78 is 13.1. The van der Waals surface area contributed by atoms with Crippen LogP contribution in [0.1, 0.15) is 78.1 Å². The van der Waals surface area contributed by atoms with Gasteiger partial charge in [-0.05, 0) is 44.4 Å². The number of guanidine groups is 1. The van der Waals surface area contributed by atoms with Gasteiger partial charge in [-0.2, -0.15) is 0 Å². The van der Waals surface area contributed by atoms with Crippen LogP contribution in [0.4, 0.5) is 4.39 Å². The Morgan fingerprint density at radius 1 is 1.06 bits per heavy atom. The topological polar surface area (TPSA) is 148 Å². The second kappa shape index (κ2) is 14.1. The van der Waals surface area contributed by atoms with Gasteiger partial charge in [-0.15, -0.1) is 0 Å². The molecule has 2 rings (SSSR count). The van der Waals surface area contributed by atoms with Crippen LogP contribution in [0.3, 0.4) is 0 Å². The van der Waals surface area contributed by atoms with Crippen molar-refractivity contribution < 1.29 is 23.6 Å². The molecule has 0 aromatic carbocycles. The van der Waals surface area contributed by atoms with E-state index in [1.54, 1.807) is 4.90 Å². The quantitative estimate of drug-likeness (QED) is 0.202. The van der Waals surface area contributed by atoms with Gasteiger partial charge in [0.05, 0.1) is 6.04 Å². The third-order valence-electron chi connectivity index (χ3n) is 7.15. The highest BCUT2D eigenvalue weighted by Gasteiger charge is 2.40. The number of nitrogens with two attached hydrogens (primary N) is 2. The summed E-state index contributed by atoms with van der Waals surface area (Å²) in [5.74, 6) is -2.27. The molecule has 0 aromatic heterocycles. The molecule has 0 bridgehead atoms. The minimum Gasteiger partial charge on any atom is -0.370 e. The number of alkyl halides is 1. The Kier molecular flexibility index (Phi) is 11.6. The molecule has 2 amide bonds. The van der Waals surface area contributed by atoms with E-state index in [-0.39, 0.29) is 54.8 Å². The first-order valence-corrected chi connectivity index (χ1v) is 12.9. The van der Waals surface area contributed by atoms with Crippen LogP contribution in [0.15, 0.2) is 4.99 Å². The summed E-state index contributed by atoms with van der Waals surface area (Å²) in [6.07, 6.45) is 6.61. The Hall–Kier alpha value is -2.52. The lowest BCUT2D eigenvalue weighted by atomic mass is 9.88. The highest BCUT2D eigenvalue weighted by atomic mass is 19.1. The van der Waals surface area contributed by atoms with Gasteiger partial charge >= 0.3 is 0 Å². The number of Topliss-reactive ketones (excluding diaryl/α,β-unsaturated/α-hetero) is 2. The average Bonchev–Trinajstić information content (AvgIpc) is 3.33. The number of aliphatic imine (C=N–C) groups is 1. The Bertz CT molecular complexity index is 778. The third kappa shape index (κ3) is 8.58. The summed E-state index contributed by atoms with van der Waals surface area (Å²) in [4.78, 5) is 57.0. The van der Waals surface area contributed by atoms with Crippen LogP contribution in [-0.4, -0.2) is 66.1 Å². The van der Waals surface area contributed by atoms with E-state index in [1.165, 1.54) is 0 Å². The molecule has 2 fully saturated rings. The number of ketones is 2. The first kappa shape index (κ1) is 28.7. The van der Waals surface area contributed by atoms with Crippen LogP contribution in [0.25, 0.3) is 0 Å². The molecular weight excluding hydrogens is 453 g/mol.